The van der Waals surface area contributed by atoms with E-state index in [4.69, 9.17) is 9.15 Å². The molecule has 26 heavy (non-hydrogen) atoms. The van der Waals surface area contributed by atoms with Gasteiger partial charge in [-0.15, -0.1) is 0 Å². The summed E-state index contributed by atoms with van der Waals surface area (Å²) in [6.45, 7) is 4.01. The topological polar surface area (TPSA) is 64.4 Å². The number of oxazole rings is 1. The quantitative estimate of drug-likeness (QED) is 0.709. The molecule has 0 bridgehead atoms. The van der Waals surface area contributed by atoms with E-state index in [1.807, 2.05) is 56.3 Å². The van der Waals surface area contributed by atoms with Crippen molar-refractivity contribution in [3.63, 3.8) is 0 Å². The van der Waals surface area contributed by atoms with Crippen molar-refractivity contribution in [2.24, 2.45) is 0 Å². The second-order valence-electron chi connectivity index (χ2n) is 6.21. The molecule has 1 amide bonds. The molecule has 0 saturated heterocycles. The van der Waals surface area contributed by atoms with E-state index in [0.717, 1.165) is 22.6 Å². The number of aryl methyl sites for hydroxylation is 3. The summed E-state index contributed by atoms with van der Waals surface area (Å²) in [6, 6.07) is 13.5. The van der Waals surface area contributed by atoms with Crippen LogP contribution in [0.3, 0.4) is 0 Å². The third kappa shape index (κ3) is 4.30. The standard InChI is InChI=1S/C21H22N2O3/c1-14-4-9-18(15(2)12-14)23-20(24)10-11-21-22-13-19(26-21)16-5-7-17(25-3)8-6-16/h4-9,12-13H,10-11H2,1-3H3,(H,23,24). The Balaban J connectivity index is 1.58. The number of carbonyl (C=O) groups is 1. The molecule has 1 heterocycles. The van der Waals surface area contributed by atoms with E-state index in [9.17, 15) is 4.79 Å². The fraction of sp³-hybridized carbons (Fsp3) is 0.238. The molecular weight excluding hydrogens is 328 g/mol. The van der Waals surface area contributed by atoms with Crippen LogP contribution in [-0.4, -0.2) is 18.0 Å². The maximum absolute atomic E-state index is 12.2. The van der Waals surface area contributed by atoms with Crippen LogP contribution in [0, 0.1) is 13.8 Å². The lowest BCUT2D eigenvalue weighted by molar-refractivity contribution is -0.116. The lowest BCUT2D eigenvalue weighted by atomic mass is 10.1. The van der Waals surface area contributed by atoms with E-state index in [1.165, 1.54) is 5.56 Å². The molecular formula is C21H22N2O3. The fourth-order valence-electron chi connectivity index (χ4n) is 2.70. The molecule has 0 aliphatic heterocycles. The predicted octanol–water partition coefficient (Wildman–Crippen LogP) is 4.54. The van der Waals surface area contributed by atoms with Crippen LogP contribution in [-0.2, 0) is 11.2 Å². The summed E-state index contributed by atoms with van der Waals surface area (Å²) in [5.74, 6) is 1.96. The lowest BCUT2D eigenvalue weighted by Crippen LogP contribution is -2.13. The third-order valence-electron chi connectivity index (χ3n) is 4.15. The molecule has 1 N–H and O–H groups in total. The molecule has 1 aromatic heterocycles. The summed E-state index contributed by atoms with van der Waals surface area (Å²) in [6.07, 6.45) is 2.45. The first-order valence-corrected chi connectivity index (χ1v) is 8.51. The molecule has 0 unspecified atom stereocenters. The van der Waals surface area contributed by atoms with E-state index in [2.05, 4.69) is 10.3 Å². The molecule has 5 nitrogen and oxygen atoms in total. The highest BCUT2D eigenvalue weighted by molar-refractivity contribution is 5.91. The van der Waals surface area contributed by atoms with Gasteiger partial charge in [-0.25, -0.2) is 4.98 Å². The molecule has 5 heteroatoms. The minimum Gasteiger partial charge on any atom is -0.497 e. The zero-order valence-electron chi connectivity index (χ0n) is 15.2. The van der Waals surface area contributed by atoms with E-state index < -0.39 is 0 Å². The Morgan fingerprint density at radius 3 is 2.62 bits per heavy atom. The van der Waals surface area contributed by atoms with Crippen LogP contribution in [0.2, 0.25) is 0 Å². The summed E-state index contributed by atoms with van der Waals surface area (Å²) in [5, 5.41) is 2.94. The van der Waals surface area contributed by atoms with Gasteiger partial charge in [-0.05, 0) is 49.7 Å². The maximum atomic E-state index is 12.2. The molecule has 0 aliphatic carbocycles. The molecule has 0 spiro atoms. The number of ether oxygens (including phenoxy) is 1. The Kier molecular flexibility index (Phi) is 5.37. The van der Waals surface area contributed by atoms with Gasteiger partial charge < -0.3 is 14.5 Å². The number of nitrogens with one attached hydrogen (secondary N) is 1. The molecule has 0 aliphatic rings. The number of hydrogen-bond donors (Lipinski definition) is 1. The van der Waals surface area contributed by atoms with E-state index in [-0.39, 0.29) is 5.91 Å². The van der Waals surface area contributed by atoms with Crippen LogP contribution >= 0.6 is 0 Å². The number of benzene rings is 2. The first kappa shape index (κ1) is 17.7. The Morgan fingerprint density at radius 1 is 1.15 bits per heavy atom. The lowest BCUT2D eigenvalue weighted by Gasteiger charge is -2.08. The van der Waals surface area contributed by atoms with Crippen molar-refractivity contribution >= 4 is 11.6 Å². The summed E-state index contributed by atoms with van der Waals surface area (Å²) < 4.78 is 10.9. The zero-order chi connectivity index (χ0) is 18.5. The van der Waals surface area contributed by atoms with Crippen molar-refractivity contribution in [1.82, 2.24) is 4.98 Å². The third-order valence-corrected chi connectivity index (χ3v) is 4.15. The molecule has 0 saturated carbocycles. The molecule has 0 fully saturated rings. The van der Waals surface area contributed by atoms with Crippen molar-refractivity contribution in [3.8, 4) is 17.1 Å². The number of nitrogens with zero attached hydrogens (tertiary/aromatic N) is 1. The van der Waals surface area contributed by atoms with Gasteiger partial charge in [0.15, 0.2) is 11.7 Å². The number of anilines is 1. The Labute approximate surface area is 153 Å². The van der Waals surface area contributed by atoms with Crippen molar-refractivity contribution in [2.45, 2.75) is 26.7 Å². The highest BCUT2D eigenvalue weighted by atomic mass is 16.5. The number of amides is 1. The summed E-state index contributed by atoms with van der Waals surface area (Å²) in [4.78, 5) is 16.4. The van der Waals surface area contributed by atoms with Gasteiger partial charge >= 0.3 is 0 Å². The number of aromatic nitrogens is 1. The van der Waals surface area contributed by atoms with E-state index >= 15 is 0 Å². The molecule has 0 radical (unpaired) electrons. The van der Waals surface area contributed by atoms with Crippen molar-refractivity contribution < 1.29 is 13.9 Å². The zero-order valence-corrected chi connectivity index (χ0v) is 15.2. The largest absolute Gasteiger partial charge is 0.497 e. The summed E-state index contributed by atoms with van der Waals surface area (Å²) >= 11 is 0. The highest BCUT2D eigenvalue weighted by Crippen LogP contribution is 2.23. The first-order chi connectivity index (χ1) is 12.5. The predicted molar refractivity (Wildman–Crippen MR) is 101 cm³/mol. The monoisotopic (exact) mass is 350 g/mol. The van der Waals surface area contributed by atoms with Crippen LogP contribution in [0.4, 0.5) is 5.69 Å². The summed E-state index contributed by atoms with van der Waals surface area (Å²) in [5.41, 5.74) is 3.99. The van der Waals surface area contributed by atoms with Crippen molar-refractivity contribution in [1.29, 1.82) is 0 Å². The number of methoxy groups -OCH3 is 1. The average molecular weight is 350 g/mol. The number of hydrogen-bond acceptors (Lipinski definition) is 4. The van der Waals surface area contributed by atoms with Crippen LogP contribution in [0.1, 0.15) is 23.4 Å². The number of rotatable bonds is 6. The second kappa shape index (κ2) is 7.87. The minimum absolute atomic E-state index is 0.0545. The summed E-state index contributed by atoms with van der Waals surface area (Å²) in [7, 11) is 1.63. The smallest absolute Gasteiger partial charge is 0.224 e. The second-order valence-corrected chi connectivity index (χ2v) is 6.21. The van der Waals surface area contributed by atoms with Crippen LogP contribution in [0.25, 0.3) is 11.3 Å². The molecule has 3 rings (SSSR count). The van der Waals surface area contributed by atoms with E-state index in [0.29, 0.717) is 24.5 Å². The van der Waals surface area contributed by atoms with E-state index in [1.54, 1.807) is 13.3 Å². The Hall–Kier alpha value is -3.08. The normalized spacial score (nSPS) is 10.6. The van der Waals surface area contributed by atoms with Crippen LogP contribution in [0.5, 0.6) is 5.75 Å². The molecule has 134 valence electrons. The van der Waals surface area contributed by atoms with Crippen molar-refractivity contribution in [2.75, 3.05) is 12.4 Å². The van der Waals surface area contributed by atoms with Crippen molar-refractivity contribution in [3.05, 3.63) is 65.7 Å². The Morgan fingerprint density at radius 2 is 1.92 bits per heavy atom. The Bertz CT molecular complexity index is 898. The fourth-order valence-corrected chi connectivity index (χ4v) is 2.70. The van der Waals surface area contributed by atoms with Gasteiger partial charge in [0.2, 0.25) is 5.91 Å². The SMILES string of the molecule is COc1ccc(-c2cnc(CCC(=O)Nc3ccc(C)cc3C)o2)cc1. The van der Waals surface area contributed by atoms with Gasteiger partial charge in [0.05, 0.1) is 13.3 Å². The van der Waals surface area contributed by atoms with Gasteiger partial charge in [0.1, 0.15) is 5.75 Å². The first-order valence-electron chi connectivity index (χ1n) is 8.51. The maximum Gasteiger partial charge on any atom is 0.224 e. The van der Waals surface area contributed by atoms with Gasteiger partial charge in [-0.3, -0.25) is 4.79 Å². The highest BCUT2D eigenvalue weighted by Gasteiger charge is 2.10. The van der Waals surface area contributed by atoms with Gasteiger partial charge in [-0.2, -0.15) is 0 Å². The van der Waals surface area contributed by atoms with Gasteiger partial charge in [0, 0.05) is 24.1 Å². The van der Waals surface area contributed by atoms with Gasteiger partial charge in [-0.1, -0.05) is 17.7 Å². The van der Waals surface area contributed by atoms with Gasteiger partial charge in [0.25, 0.3) is 0 Å². The van der Waals surface area contributed by atoms with Crippen LogP contribution in [0.15, 0.2) is 53.1 Å². The molecule has 2 aromatic carbocycles. The average Bonchev–Trinajstić information content (AvgIpc) is 3.11. The minimum atomic E-state index is -0.0545. The van der Waals surface area contributed by atoms with Crippen LogP contribution < -0.4 is 10.1 Å². The molecule has 3 aromatic rings. The molecule has 0 atom stereocenters. The number of carbonyl (C=O) groups excluding carboxylic acids is 1.